The molecule has 164 valence electrons. The van der Waals surface area contributed by atoms with Crippen LogP contribution in [0.4, 0.5) is 5.95 Å². The SMILES string of the molecule is CCOc1cc(C2C3=C(CCCC3=O)Nc3nnnn32)ccc1OCc1ccc(Cl)cc1. The minimum absolute atomic E-state index is 0.117. The monoisotopic (exact) mass is 451 g/mol. The van der Waals surface area contributed by atoms with Gasteiger partial charge in [0.2, 0.25) is 5.95 Å². The maximum absolute atomic E-state index is 12.9. The third-order valence-corrected chi connectivity index (χ3v) is 5.87. The summed E-state index contributed by atoms with van der Waals surface area (Å²) >= 11 is 5.96. The van der Waals surface area contributed by atoms with Crippen molar-refractivity contribution >= 4 is 23.3 Å². The predicted octanol–water partition coefficient (Wildman–Crippen LogP) is 4.33. The number of carbonyl (C=O) groups excluding carboxylic acids is 1. The number of aromatic nitrogens is 4. The number of carbonyl (C=O) groups is 1. The average Bonchev–Trinajstić information content (AvgIpc) is 3.26. The van der Waals surface area contributed by atoms with Crippen molar-refractivity contribution in [2.45, 2.75) is 38.8 Å². The summed E-state index contributed by atoms with van der Waals surface area (Å²) in [5.74, 6) is 1.88. The summed E-state index contributed by atoms with van der Waals surface area (Å²) in [5.41, 5.74) is 3.48. The second-order valence-electron chi connectivity index (χ2n) is 7.70. The van der Waals surface area contributed by atoms with Crippen molar-refractivity contribution in [1.82, 2.24) is 20.2 Å². The number of anilines is 1. The van der Waals surface area contributed by atoms with Crippen LogP contribution in [0.2, 0.25) is 5.02 Å². The maximum atomic E-state index is 12.9. The van der Waals surface area contributed by atoms with Crippen LogP contribution in [0.5, 0.6) is 11.5 Å². The summed E-state index contributed by atoms with van der Waals surface area (Å²) in [7, 11) is 0. The molecule has 1 N–H and O–H groups in total. The molecule has 0 amide bonds. The quantitative estimate of drug-likeness (QED) is 0.596. The van der Waals surface area contributed by atoms with E-state index in [1.54, 1.807) is 4.68 Å². The first-order chi connectivity index (χ1) is 15.6. The molecular weight excluding hydrogens is 430 g/mol. The summed E-state index contributed by atoms with van der Waals surface area (Å²) < 4.78 is 13.6. The summed E-state index contributed by atoms with van der Waals surface area (Å²) in [6.45, 7) is 2.79. The molecule has 5 rings (SSSR count). The van der Waals surface area contributed by atoms with Gasteiger partial charge in [0.25, 0.3) is 0 Å². The number of fused-ring (bicyclic) bond motifs is 1. The third-order valence-electron chi connectivity index (χ3n) is 5.62. The second kappa shape index (κ2) is 8.63. The number of nitrogens with one attached hydrogen (secondary N) is 1. The number of hydrogen-bond donors (Lipinski definition) is 1. The highest BCUT2D eigenvalue weighted by Gasteiger charge is 2.37. The number of rotatable bonds is 6. The van der Waals surface area contributed by atoms with E-state index in [0.29, 0.717) is 47.7 Å². The van der Waals surface area contributed by atoms with E-state index in [2.05, 4.69) is 20.8 Å². The molecule has 0 fully saturated rings. The van der Waals surface area contributed by atoms with Gasteiger partial charge in [0.15, 0.2) is 17.3 Å². The van der Waals surface area contributed by atoms with Crippen LogP contribution in [0.1, 0.15) is 43.4 Å². The van der Waals surface area contributed by atoms with E-state index in [0.717, 1.165) is 29.7 Å². The van der Waals surface area contributed by atoms with Crippen LogP contribution in [-0.2, 0) is 11.4 Å². The van der Waals surface area contributed by atoms with Crippen molar-refractivity contribution in [1.29, 1.82) is 0 Å². The molecule has 0 bridgehead atoms. The Morgan fingerprint density at radius 3 is 2.78 bits per heavy atom. The van der Waals surface area contributed by atoms with E-state index in [-0.39, 0.29) is 5.78 Å². The van der Waals surface area contributed by atoms with Crippen LogP contribution < -0.4 is 14.8 Å². The number of benzene rings is 2. The van der Waals surface area contributed by atoms with Gasteiger partial charge in [-0.3, -0.25) is 4.79 Å². The molecule has 2 aromatic carbocycles. The number of hydrogen-bond acceptors (Lipinski definition) is 7. The molecule has 2 aliphatic rings. The van der Waals surface area contributed by atoms with Crippen LogP contribution in [0, 0.1) is 0 Å². The fourth-order valence-electron chi connectivity index (χ4n) is 4.15. The molecule has 3 aromatic rings. The number of allylic oxidation sites excluding steroid dienone is 2. The zero-order valence-corrected chi connectivity index (χ0v) is 18.3. The highest BCUT2D eigenvalue weighted by Crippen LogP contribution is 2.41. The Morgan fingerprint density at radius 2 is 1.97 bits per heavy atom. The van der Waals surface area contributed by atoms with E-state index >= 15 is 0 Å². The fourth-order valence-corrected chi connectivity index (χ4v) is 4.28. The highest BCUT2D eigenvalue weighted by atomic mass is 35.5. The van der Waals surface area contributed by atoms with E-state index in [4.69, 9.17) is 21.1 Å². The average molecular weight is 452 g/mol. The highest BCUT2D eigenvalue weighted by molar-refractivity contribution is 6.30. The van der Waals surface area contributed by atoms with E-state index in [1.165, 1.54) is 0 Å². The van der Waals surface area contributed by atoms with Gasteiger partial charge in [-0.25, -0.2) is 0 Å². The van der Waals surface area contributed by atoms with Gasteiger partial charge >= 0.3 is 0 Å². The zero-order chi connectivity index (χ0) is 22.1. The second-order valence-corrected chi connectivity index (χ2v) is 8.13. The maximum Gasteiger partial charge on any atom is 0.248 e. The summed E-state index contributed by atoms with van der Waals surface area (Å²) in [6.07, 6.45) is 2.14. The Morgan fingerprint density at radius 1 is 1.12 bits per heavy atom. The summed E-state index contributed by atoms with van der Waals surface area (Å²) in [6, 6.07) is 12.8. The largest absolute Gasteiger partial charge is 0.490 e. The lowest BCUT2D eigenvalue weighted by molar-refractivity contribution is -0.116. The number of nitrogens with zero attached hydrogens (tertiary/aromatic N) is 4. The molecule has 1 aliphatic heterocycles. The van der Waals surface area contributed by atoms with Crippen LogP contribution in [0.3, 0.4) is 0 Å². The molecule has 8 nitrogen and oxygen atoms in total. The minimum atomic E-state index is -0.409. The van der Waals surface area contributed by atoms with Crippen LogP contribution in [0.25, 0.3) is 0 Å². The summed E-state index contributed by atoms with van der Waals surface area (Å²) in [5, 5.41) is 15.9. The zero-order valence-electron chi connectivity index (χ0n) is 17.5. The molecule has 0 radical (unpaired) electrons. The van der Waals surface area contributed by atoms with E-state index in [1.807, 2.05) is 49.4 Å². The van der Waals surface area contributed by atoms with Crippen LogP contribution in [0.15, 0.2) is 53.7 Å². The predicted molar refractivity (Wildman–Crippen MR) is 119 cm³/mol. The smallest absolute Gasteiger partial charge is 0.248 e. The van der Waals surface area contributed by atoms with Gasteiger partial charge in [-0.1, -0.05) is 34.9 Å². The molecule has 1 atom stereocenters. The molecule has 9 heteroatoms. The van der Waals surface area contributed by atoms with Gasteiger partial charge in [0.05, 0.1) is 6.61 Å². The van der Waals surface area contributed by atoms with Gasteiger partial charge in [-0.05, 0) is 65.6 Å². The van der Waals surface area contributed by atoms with Gasteiger partial charge in [-0.15, -0.1) is 0 Å². The number of ketones is 1. The van der Waals surface area contributed by atoms with Crippen molar-refractivity contribution < 1.29 is 14.3 Å². The topological polar surface area (TPSA) is 91.2 Å². The van der Waals surface area contributed by atoms with Crippen molar-refractivity contribution in [2.75, 3.05) is 11.9 Å². The van der Waals surface area contributed by atoms with Gasteiger partial charge < -0.3 is 14.8 Å². The molecule has 32 heavy (non-hydrogen) atoms. The Hall–Kier alpha value is -3.39. The number of ether oxygens (including phenoxy) is 2. The van der Waals surface area contributed by atoms with Crippen molar-refractivity contribution in [2.24, 2.45) is 0 Å². The standard InChI is InChI=1S/C23H22ClN5O3/c1-2-31-20-12-15(8-11-19(20)32-13-14-6-9-16(24)10-7-14)22-21-17(4-3-5-18(21)30)25-23-26-27-28-29(22)23/h6-12,22H,2-5,13H2,1H3,(H,25,26,28). The molecular formula is C23H22ClN5O3. The Labute approximate surface area is 190 Å². The summed E-state index contributed by atoms with van der Waals surface area (Å²) in [4.78, 5) is 12.9. The van der Waals surface area contributed by atoms with Gasteiger partial charge in [0.1, 0.15) is 12.6 Å². The minimum Gasteiger partial charge on any atom is -0.490 e. The lowest BCUT2D eigenvalue weighted by Crippen LogP contribution is -2.31. The lowest BCUT2D eigenvalue weighted by atomic mass is 9.85. The first kappa shape index (κ1) is 20.5. The Bertz CT molecular complexity index is 1190. The van der Waals surface area contributed by atoms with Gasteiger partial charge in [-0.2, -0.15) is 4.68 Å². The Kier molecular flexibility index (Phi) is 5.53. The first-order valence-corrected chi connectivity index (χ1v) is 11.0. The molecule has 2 heterocycles. The molecule has 0 spiro atoms. The molecule has 1 aliphatic carbocycles. The molecule has 0 saturated heterocycles. The molecule has 1 aromatic heterocycles. The van der Waals surface area contributed by atoms with Crippen molar-refractivity contribution in [3.63, 3.8) is 0 Å². The first-order valence-electron chi connectivity index (χ1n) is 10.6. The third kappa shape index (κ3) is 3.82. The molecule has 1 unspecified atom stereocenters. The Balaban J connectivity index is 1.49. The van der Waals surface area contributed by atoms with Crippen molar-refractivity contribution in [3.8, 4) is 11.5 Å². The normalized spacial score (nSPS) is 17.4. The van der Waals surface area contributed by atoms with E-state index < -0.39 is 6.04 Å². The van der Waals surface area contributed by atoms with Crippen molar-refractivity contribution in [3.05, 3.63) is 69.9 Å². The fraction of sp³-hybridized carbons (Fsp3) is 0.304. The number of tetrazole rings is 1. The molecule has 0 saturated carbocycles. The number of halogens is 1. The van der Waals surface area contributed by atoms with Gasteiger partial charge in [0, 0.05) is 22.7 Å². The number of Topliss-reactive ketones (excluding diaryl/α,β-unsaturated/α-hetero) is 1. The van der Waals surface area contributed by atoms with E-state index in [9.17, 15) is 4.79 Å². The van der Waals surface area contributed by atoms with Crippen LogP contribution >= 0.6 is 11.6 Å². The lowest BCUT2D eigenvalue weighted by Gasteiger charge is -2.31. The van der Waals surface area contributed by atoms with Crippen LogP contribution in [-0.4, -0.2) is 32.6 Å².